The third-order valence-electron chi connectivity index (χ3n) is 2.32. The summed E-state index contributed by atoms with van der Waals surface area (Å²) in [5.74, 6) is -1.27. The van der Waals surface area contributed by atoms with Gasteiger partial charge < -0.3 is 9.47 Å². The number of hydrogen-bond donors (Lipinski definition) is 0. The van der Waals surface area contributed by atoms with Crippen LogP contribution in [0, 0.1) is 0 Å². The lowest BCUT2D eigenvalue weighted by Crippen LogP contribution is -2.11. The first-order valence-corrected chi connectivity index (χ1v) is 6.85. The fraction of sp³-hybridized carbons (Fsp3) is 0.500. The largest absolute Gasteiger partial charge is 0.390 e. The van der Waals surface area contributed by atoms with Gasteiger partial charge in [0, 0.05) is 23.8 Å². The highest BCUT2D eigenvalue weighted by atomic mass is 127. The van der Waals surface area contributed by atoms with Crippen molar-refractivity contribution in [3.05, 3.63) is 24.3 Å². The van der Waals surface area contributed by atoms with Gasteiger partial charge in [-0.05, 0) is 18.1 Å². The summed E-state index contributed by atoms with van der Waals surface area (Å²) in [6.07, 6.45) is 4.42. The topological polar surface area (TPSA) is 52.6 Å². The van der Waals surface area contributed by atoms with E-state index in [9.17, 15) is 9.59 Å². The Morgan fingerprint density at radius 2 is 2.35 bits per heavy atom. The molecule has 0 aliphatic carbocycles. The second kappa shape index (κ2) is 6.90. The van der Waals surface area contributed by atoms with Gasteiger partial charge in [-0.3, -0.25) is 4.79 Å². The molecule has 0 saturated carbocycles. The summed E-state index contributed by atoms with van der Waals surface area (Å²) in [6.45, 7) is 5.14. The van der Waals surface area contributed by atoms with Crippen LogP contribution in [-0.2, 0) is 19.1 Å². The Morgan fingerprint density at radius 3 is 2.94 bits per heavy atom. The number of ether oxygens (including phenoxy) is 2. The first-order chi connectivity index (χ1) is 8.02. The number of carbonyl (C=O) groups is 2. The normalized spacial score (nSPS) is 24.2. The third kappa shape index (κ3) is 4.99. The molecule has 0 spiro atoms. The molecule has 0 aromatic heterocycles. The summed E-state index contributed by atoms with van der Waals surface area (Å²) in [6, 6.07) is 0. The molecular formula is C12H15IO4. The smallest absolute Gasteiger partial charge is 0.338 e. The summed E-state index contributed by atoms with van der Waals surface area (Å²) in [4.78, 5) is 21.6. The summed E-state index contributed by atoms with van der Waals surface area (Å²) in [5, 5.41) is 0. The van der Waals surface area contributed by atoms with Crippen molar-refractivity contribution in [2.75, 3.05) is 4.43 Å². The summed E-state index contributed by atoms with van der Waals surface area (Å²) in [5.41, 5.74) is 1.05. The van der Waals surface area contributed by atoms with E-state index < -0.39 is 11.9 Å². The Bertz CT molecular complexity index is 348. The maximum Gasteiger partial charge on any atom is 0.338 e. The highest BCUT2D eigenvalue weighted by Gasteiger charge is 2.26. The molecule has 1 rings (SSSR count). The molecule has 17 heavy (non-hydrogen) atoms. The molecule has 1 saturated heterocycles. The van der Waals surface area contributed by atoms with Crippen LogP contribution in [0.3, 0.4) is 0 Å². The minimum Gasteiger partial charge on any atom is -0.390 e. The average Bonchev–Trinajstić information content (AvgIpc) is 2.57. The van der Waals surface area contributed by atoms with Gasteiger partial charge in [-0.15, -0.1) is 0 Å². The minimum absolute atomic E-state index is 0.0744. The second-order valence-electron chi connectivity index (χ2n) is 3.78. The van der Waals surface area contributed by atoms with Gasteiger partial charge in [0.25, 0.3) is 0 Å². The van der Waals surface area contributed by atoms with Crippen molar-refractivity contribution >= 4 is 34.5 Å². The van der Waals surface area contributed by atoms with Gasteiger partial charge in [-0.1, -0.05) is 29.2 Å². The van der Waals surface area contributed by atoms with E-state index in [1.807, 2.05) is 0 Å². The van der Waals surface area contributed by atoms with Gasteiger partial charge in [-0.2, -0.15) is 0 Å². The lowest BCUT2D eigenvalue weighted by atomic mass is 10.1. The molecule has 5 heteroatoms. The van der Waals surface area contributed by atoms with Gasteiger partial charge >= 0.3 is 11.9 Å². The van der Waals surface area contributed by atoms with Gasteiger partial charge in [0.2, 0.25) is 0 Å². The van der Waals surface area contributed by atoms with E-state index in [-0.39, 0.29) is 12.2 Å². The fourth-order valence-corrected chi connectivity index (χ4v) is 2.16. The number of esters is 2. The number of rotatable bonds is 4. The van der Waals surface area contributed by atoms with Crippen LogP contribution in [0.2, 0.25) is 0 Å². The van der Waals surface area contributed by atoms with Gasteiger partial charge in [0.1, 0.15) is 0 Å². The molecule has 94 valence electrons. The van der Waals surface area contributed by atoms with Crippen LogP contribution in [0.15, 0.2) is 24.3 Å². The lowest BCUT2D eigenvalue weighted by Gasteiger charge is -2.09. The van der Waals surface area contributed by atoms with Crippen LogP contribution in [0.1, 0.15) is 19.8 Å². The zero-order chi connectivity index (χ0) is 12.8. The van der Waals surface area contributed by atoms with Crippen LogP contribution in [0.4, 0.5) is 0 Å². The second-order valence-corrected chi connectivity index (χ2v) is 4.85. The predicted octanol–water partition coefficient (Wildman–Crippen LogP) is 2.17. The molecule has 1 fully saturated rings. The number of halogens is 1. The summed E-state index contributed by atoms with van der Waals surface area (Å²) < 4.78 is 11.1. The molecule has 0 aromatic carbocycles. The molecule has 4 nitrogen and oxygen atoms in total. The molecule has 2 atom stereocenters. The van der Waals surface area contributed by atoms with E-state index in [1.165, 1.54) is 13.0 Å². The fourth-order valence-electron chi connectivity index (χ4n) is 1.59. The molecule has 1 unspecified atom stereocenters. The molecule has 1 heterocycles. The third-order valence-corrected chi connectivity index (χ3v) is 2.94. The Kier molecular flexibility index (Phi) is 5.84. The average molecular weight is 350 g/mol. The Balaban J connectivity index is 2.43. The van der Waals surface area contributed by atoms with Crippen molar-refractivity contribution in [2.45, 2.75) is 32.0 Å². The molecule has 0 aromatic rings. The highest BCUT2D eigenvalue weighted by molar-refractivity contribution is 14.1. The van der Waals surface area contributed by atoms with Gasteiger partial charge in [0.15, 0.2) is 0 Å². The Morgan fingerprint density at radius 1 is 1.65 bits per heavy atom. The van der Waals surface area contributed by atoms with Crippen molar-refractivity contribution in [3.8, 4) is 0 Å². The van der Waals surface area contributed by atoms with Crippen molar-refractivity contribution in [1.29, 1.82) is 0 Å². The first kappa shape index (κ1) is 14.4. The lowest BCUT2D eigenvalue weighted by molar-refractivity contribution is -0.154. The molecule has 0 N–H and O–H groups in total. The highest BCUT2D eigenvalue weighted by Crippen LogP contribution is 2.27. The Labute approximate surface area is 114 Å². The van der Waals surface area contributed by atoms with Crippen molar-refractivity contribution < 1.29 is 19.1 Å². The number of hydrogen-bond acceptors (Lipinski definition) is 4. The SMILES string of the molecule is C=C1C[C@H](/C=C/C(=O)OC(C)=O)OC1CCI. The summed E-state index contributed by atoms with van der Waals surface area (Å²) in [7, 11) is 0. The maximum absolute atomic E-state index is 11.1. The van der Waals surface area contributed by atoms with Crippen LogP contribution >= 0.6 is 22.6 Å². The van der Waals surface area contributed by atoms with Crippen molar-refractivity contribution in [2.24, 2.45) is 0 Å². The van der Waals surface area contributed by atoms with E-state index in [0.717, 1.165) is 16.4 Å². The number of carbonyl (C=O) groups excluding carboxylic acids is 2. The van der Waals surface area contributed by atoms with E-state index >= 15 is 0 Å². The number of alkyl halides is 1. The molecule has 0 amide bonds. The first-order valence-electron chi connectivity index (χ1n) is 5.32. The van der Waals surface area contributed by atoms with Crippen LogP contribution in [-0.4, -0.2) is 28.6 Å². The van der Waals surface area contributed by atoms with Gasteiger partial charge in [-0.25, -0.2) is 4.79 Å². The van der Waals surface area contributed by atoms with E-state index in [2.05, 4.69) is 33.9 Å². The van der Waals surface area contributed by atoms with E-state index in [0.29, 0.717) is 6.42 Å². The monoisotopic (exact) mass is 350 g/mol. The molecule has 1 aliphatic rings. The maximum atomic E-state index is 11.1. The standard InChI is InChI=1S/C12H15IO4/c1-8-7-10(17-11(8)5-6-13)3-4-12(15)16-9(2)14/h3-4,10-11H,1,5-7H2,2H3/b4-3+/t10-,11?/m0/s1. The van der Waals surface area contributed by atoms with Crippen LogP contribution in [0.25, 0.3) is 0 Å². The van der Waals surface area contributed by atoms with E-state index in [1.54, 1.807) is 6.08 Å². The Hall–Kier alpha value is -0.690. The molecule has 1 aliphatic heterocycles. The molecular weight excluding hydrogens is 335 g/mol. The zero-order valence-corrected chi connectivity index (χ0v) is 11.8. The predicted molar refractivity (Wildman–Crippen MR) is 71.8 cm³/mol. The zero-order valence-electron chi connectivity index (χ0n) is 9.65. The quantitative estimate of drug-likeness (QED) is 0.195. The van der Waals surface area contributed by atoms with Crippen molar-refractivity contribution in [3.63, 3.8) is 0 Å². The van der Waals surface area contributed by atoms with Crippen molar-refractivity contribution in [1.82, 2.24) is 0 Å². The summed E-state index contributed by atoms with van der Waals surface area (Å²) >= 11 is 2.29. The van der Waals surface area contributed by atoms with E-state index in [4.69, 9.17) is 4.74 Å². The van der Waals surface area contributed by atoms with Gasteiger partial charge in [0.05, 0.1) is 12.2 Å². The molecule has 0 bridgehead atoms. The van der Waals surface area contributed by atoms with Crippen LogP contribution in [0.5, 0.6) is 0 Å². The van der Waals surface area contributed by atoms with Crippen LogP contribution < -0.4 is 0 Å². The minimum atomic E-state index is -0.663. The molecule has 0 radical (unpaired) electrons.